The molecule has 0 radical (unpaired) electrons. The van der Waals surface area contributed by atoms with Crippen LogP contribution in [0.2, 0.25) is 0 Å². The number of rotatable bonds is 1. The van der Waals surface area contributed by atoms with Crippen molar-refractivity contribution < 1.29 is 4.39 Å². The summed E-state index contributed by atoms with van der Waals surface area (Å²) >= 11 is 5.10. The number of hydrogen-bond donors (Lipinski definition) is 0. The lowest BCUT2D eigenvalue weighted by molar-refractivity contribution is 0.598. The van der Waals surface area contributed by atoms with E-state index in [4.69, 9.17) is 5.26 Å². The van der Waals surface area contributed by atoms with Gasteiger partial charge in [0.1, 0.15) is 6.07 Å². The zero-order valence-corrected chi connectivity index (χ0v) is 13.4. The van der Waals surface area contributed by atoms with Crippen molar-refractivity contribution in [2.75, 3.05) is 23.7 Å². The summed E-state index contributed by atoms with van der Waals surface area (Å²) in [4.78, 5) is 2.07. The van der Waals surface area contributed by atoms with Gasteiger partial charge in [0.05, 0.1) is 15.7 Å². The first kappa shape index (κ1) is 14.7. The molecule has 1 aliphatic rings. The fourth-order valence-electron chi connectivity index (χ4n) is 2.13. The Morgan fingerprint density at radius 2 is 2.16 bits per heavy atom. The van der Waals surface area contributed by atoms with E-state index in [-0.39, 0.29) is 15.0 Å². The Bertz CT molecular complexity index is 525. The zero-order chi connectivity index (χ0) is 14.0. The quantitative estimate of drug-likeness (QED) is 0.765. The maximum Gasteiger partial charge on any atom is 0.161 e. The molecule has 0 N–H and O–H groups in total. The number of hydrogen-bond acceptors (Lipinski definition) is 3. The molecule has 102 valence electrons. The summed E-state index contributed by atoms with van der Waals surface area (Å²) in [5.41, 5.74) is 0.926. The molecule has 1 fully saturated rings. The maximum atomic E-state index is 14.3. The minimum atomic E-state index is -0.330. The molecule has 0 bridgehead atoms. The van der Waals surface area contributed by atoms with E-state index in [2.05, 4.69) is 34.7 Å². The van der Waals surface area contributed by atoms with Crippen LogP contribution in [0.3, 0.4) is 0 Å². The number of benzene rings is 1. The monoisotopic (exact) mass is 342 g/mol. The van der Waals surface area contributed by atoms with E-state index in [0.717, 1.165) is 25.3 Å². The number of thioether (sulfide) groups is 1. The van der Waals surface area contributed by atoms with Crippen LogP contribution in [-0.2, 0) is 0 Å². The summed E-state index contributed by atoms with van der Waals surface area (Å²) in [6.07, 6.45) is 1.02. The molecule has 1 aromatic rings. The zero-order valence-electron chi connectivity index (χ0n) is 11.0. The van der Waals surface area contributed by atoms with E-state index in [1.807, 2.05) is 17.8 Å². The highest BCUT2D eigenvalue weighted by Crippen LogP contribution is 2.35. The van der Waals surface area contributed by atoms with Crippen LogP contribution in [0, 0.1) is 17.1 Å². The van der Waals surface area contributed by atoms with E-state index >= 15 is 0 Å². The lowest BCUT2D eigenvalue weighted by atomic mass is 10.1. The molecular formula is C14H16BrFN2S. The van der Waals surface area contributed by atoms with Crippen LogP contribution in [0.5, 0.6) is 0 Å². The van der Waals surface area contributed by atoms with Crippen LogP contribution in [-0.4, -0.2) is 23.6 Å². The van der Waals surface area contributed by atoms with Crippen molar-refractivity contribution in [2.24, 2.45) is 0 Å². The molecule has 1 aliphatic heterocycles. The Labute approximate surface area is 126 Å². The highest BCUT2D eigenvalue weighted by molar-refractivity contribution is 9.10. The minimum Gasteiger partial charge on any atom is -0.368 e. The van der Waals surface area contributed by atoms with Gasteiger partial charge in [-0.25, -0.2) is 4.39 Å². The second-order valence-electron chi connectivity index (χ2n) is 5.22. The summed E-state index contributed by atoms with van der Waals surface area (Å²) in [7, 11) is 0. The van der Waals surface area contributed by atoms with E-state index < -0.39 is 0 Å². The Balaban J connectivity index is 2.28. The third-order valence-electron chi connectivity index (χ3n) is 3.36. The van der Waals surface area contributed by atoms with Gasteiger partial charge in [-0.05, 0) is 34.5 Å². The molecule has 1 saturated heterocycles. The van der Waals surface area contributed by atoms with E-state index in [9.17, 15) is 4.39 Å². The predicted molar refractivity (Wildman–Crippen MR) is 82.2 cm³/mol. The van der Waals surface area contributed by atoms with Crippen molar-refractivity contribution in [3.8, 4) is 6.07 Å². The average molecular weight is 343 g/mol. The Hall–Kier alpha value is -0.730. The molecule has 0 amide bonds. The summed E-state index contributed by atoms with van der Waals surface area (Å²) < 4.78 is 14.8. The lowest BCUT2D eigenvalue weighted by Gasteiger charge is -2.25. The molecule has 1 heterocycles. The molecule has 1 aromatic carbocycles. The van der Waals surface area contributed by atoms with Gasteiger partial charge in [-0.15, -0.1) is 0 Å². The third kappa shape index (κ3) is 3.24. The molecule has 2 nitrogen and oxygen atoms in total. The fraction of sp³-hybridized carbons (Fsp3) is 0.500. The van der Waals surface area contributed by atoms with Gasteiger partial charge in [0.15, 0.2) is 5.82 Å². The number of halogens is 2. The predicted octanol–water partition coefficient (Wildman–Crippen LogP) is 4.18. The van der Waals surface area contributed by atoms with Crippen LogP contribution in [0.15, 0.2) is 16.6 Å². The van der Waals surface area contributed by atoms with Gasteiger partial charge >= 0.3 is 0 Å². The van der Waals surface area contributed by atoms with Gasteiger partial charge in [-0.3, -0.25) is 0 Å². The topological polar surface area (TPSA) is 27.0 Å². The summed E-state index contributed by atoms with van der Waals surface area (Å²) in [6, 6.07) is 5.36. The first-order valence-electron chi connectivity index (χ1n) is 6.21. The molecule has 5 heteroatoms. The summed E-state index contributed by atoms with van der Waals surface area (Å²) in [5.74, 6) is 0.660. The normalized spacial score (nSPS) is 18.8. The van der Waals surface area contributed by atoms with E-state index in [0.29, 0.717) is 11.3 Å². The van der Waals surface area contributed by atoms with E-state index in [1.165, 1.54) is 0 Å². The molecule has 0 aliphatic carbocycles. The van der Waals surface area contributed by atoms with Crippen LogP contribution < -0.4 is 4.90 Å². The fourth-order valence-corrected chi connectivity index (χ4v) is 3.65. The minimum absolute atomic E-state index is 0.245. The van der Waals surface area contributed by atoms with Crippen LogP contribution in [0.25, 0.3) is 0 Å². The van der Waals surface area contributed by atoms with Crippen molar-refractivity contribution in [3.05, 3.63) is 28.0 Å². The molecule has 19 heavy (non-hydrogen) atoms. The van der Waals surface area contributed by atoms with Gasteiger partial charge < -0.3 is 4.90 Å². The Morgan fingerprint density at radius 3 is 2.84 bits per heavy atom. The molecule has 2 rings (SSSR count). The Morgan fingerprint density at radius 1 is 1.42 bits per heavy atom. The van der Waals surface area contributed by atoms with Gasteiger partial charge in [0.2, 0.25) is 0 Å². The van der Waals surface area contributed by atoms with Crippen molar-refractivity contribution in [1.82, 2.24) is 0 Å². The molecule has 0 saturated carbocycles. The molecular weight excluding hydrogens is 327 g/mol. The molecule has 0 spiro atoms. The van der Waals surface area contributed by atoms with Crippen molar-refractivity contribution in [1.29, 1.82) is 5.26 Å². The summed E-state index contributed by atoms with van der Waals surface area (Å²) in [6.45, 7) is 6.14. The SMILES string of the molecule is CC1(C)CCN(c2ccc(C#N)c(Br)c2F)CCS1. The summed E-state index contributed by atoms with van der Waals surface area (Å²) in [5, 5.41) is 8.89. The van der Waals surface area contributed by atoms with Crippen molar-refractivity contribution in [3.63, 3.8) is 0 Å². The van der Waals surface area contributed by atoms with Crippen LogP contribution >= 0.6 is 27.7 Å². The highest BCUT2D eigenvalue weighted by Gasteiger charge is 2.25. The number of nitrogens with zero attached hydrogens (tertiary/aromatic N) is 2. The highest BCUT2D eigenvalue weighted by atomic mass is 79.9. The Kier molecular flexibility index (Phi) is 4.42. The second kappa shape index (κ2) is 5.72. The van der Waals surface area contributed by atoms with Crippen LogP contribution in [0.4, 0.5) is 10.1 Å². The number of nitriles is 1. The van der Waals surface area contributed by atoms with E-state index in [1.54, 1.807) is 12.1 Å². The van der Waals surface area contributed by atoms with Crippen molar-refractivity contribution in [2.45, 2.75) is 25.0 Å². The lowest BCUT2D eigenvalue weighted by Crippen LogP contribution is -2.27. The smallest absolute Gasteiger partial charge is 0.161 e. The molecule has 0 aromatic heterocycles. The maximum absolute atomic E-state index is 14.3. The van der Waals surface area contributed by atoms with Gasteiger partial charge in [0, 0.05) is 23.6 Å². The molecule has 0 unspecified atom stereocenters. The largest absolute Gasteiger partial charge is 0.368 e. The third-order valence-corrected chi connectivity index (χ3v) is 5.51. The van der Waals surface area contributed by atoms with Crippen LogP contribution in [0.1, 0.15) is 25.8 Å². The first-order chi connectivity index (χ1) is 8.94. The average Bonchev–Trinajstić information content (AvgIpc) is 2.54. The molecule has 0 atom stereocenters. The van der Waals surface area contributed by atoms with Gasteiger partial charge in [-0.2, -0.15) is 17.0 Å². The number of anilines is 1. The van der Waals surface area contributed by atoms with Crippen molar-refractivity contribution >= 4 is 33.4 Å². The standard InChI is InChI=1S/C14H16BrFN2S/c1-14(2)5-6-18(7-8-19-14)11-4-3-10(9-17)12(15)13(11)16/h3-4H,5-8H2,1-2H3. The van der Waals surface area contributed by atoms with Gasteiger partial charge in [-0.1, -0.05) is 13.8 Å². The first-order valence-corrected chi connectivity index (χ1v) is 7.99. The second-order valence-corrected chi connectivity index (χ2v) is 7.81. The van der Waals surface area contributed by atoms with Gasteiger partial charge in [0.25, 0.3) is 0 Å².